The van der Waals surface area contributed by atoms with E-state index in [-0.39, 0.29) is 6.03 Å². The van der Waals surface area contributed by atoms with Gasteiger partial charge in [0.2, 0.25) is 0 Å². The van der Waals surface area contributed by atoms with Gasteiger partial charge in [-0.25, -0.2) is 14.8 Å². The molecule has 3 aromatic heterocycles. The summed E-state index contributed by atoms with van der Waals surface area (Å²) in [4.78, 5) is 23.9. The summed E-state index contributed by atoms with van der Waals surface area (Å²) >= 11 is 4.78. The van der Waals surface area contributed by atoms with Crippen LogP contribution in [-0.4, -0.2) is 16.0 Å². The maximum Gasteiger partial charge on any atom is 0.321 e. The number of hydrogen-bond donors (Lipinski definition) is 2. The van der Waals surface area contributed by atoms with Crippen molar-refractivity contribution in [2.45, 2.75) is 26.8 Å². The summed E-state index contributed by atoms with van der Waals surface area (Å²) < 4.78 is 0. The van der Waals surface area contributed by atoms with E-state index in [1.165, 1.54) is 11.3 Å². The Kier molecular flexibility index (Phi) is 5.04. The Labute approximate surface area is 146 Å². The monoisotopic (exact) mass is 364 g/mol. The summed E-state index contributed by atoms with van der Waals surface area (Å²) in [6, 6.07) is 3.83. The van der Waals surface area contributed by atoms with Gasteiger partial charge in [-0.15, -0.1) is 34.0 Å². The summed E-state index contributed by atoms with van der Waals surface area (Å²) in [7, 11) is 0. The molecular formula is C15H16N4OS3. The Morgan fingerprint density at radius 1 is 1.26 bits per heavy atom. The molecule has 5 nitrogen and oxygen atoms in total. The summed E-state index contributed by atoms with van der Waals surface area (Å²) in [5, 5.41) is 9.35. The number of rotatable bonds is 5. The minimum Gasteiger partial charge on any atom is -0.333 e. The number of carbonyl (C=O) groups excluding carboxylic acids is 1. The summed E-state index contributed by atoms with van der Waals surface area (Å²) in [5.74, 6) is 0. The lowest BCUT2D eigenvalue weighted by Gasteiger charge is -2.03. The highest BCUT2D eigenvalue weighted by Gasteiger charge is 2.08. The maximum atomic E-state index is 11.9. The van der Waals surface area contributed by atoms with Gasteiger partial charge in [0.15, 0.2) is 5.13 Å². The van der Waals surface area contributed by atoms with Crippen LogP contribution in [0.4, 0.5) is 9.93 Å². The minimum absolute atomic E-state index is 0.235. The van der Waals surface area contributed by atoms with Crippen molar-refractivity contribution in [3.05, 3.63) is 38.5 Å². The number of thiophene rings is 1. The second kappa shape index (κ2) is 7.20. The summed E-state index contributed by atoms with van der Waals surface area (Å²) in [6.07, 6.45) is 2.72. The van der Waals surface area contributed by atoms with Crippen molar-refractivity contribution >= 4 is 45.2 Å². The third kappa shape index (κ3) is 4.15. The number of amides is 2. The molecule has 0 saturated carbocycles. The third-order valence-electron chi connectivity index (χ3n) is 3.08. The topological polar surface area (TPSA) is 66.9 Å². The van der Waals surface area contributed by atoms with Gasteiger partial charge >= 0.3 is 6.03 Å². The highest BCUT2D eigenvalue weighted by molar-refractivity contribution is 7.16. The molecule has 0 saturated heterocycles. The molecule has 0 radical (unpaired) electrons. The molecule has 0 atom stereocenters. The molecule has 3 rings (SSSR count). The quantitative estimate of drug-likeness (QED) is 0.699. The van der Waals surface area contributed by atoms with E-state index in [1.807, 2.05) is 19.1 Å². The average molecular weight is 365 g/mol. The zero-order valence-corrected chi connectivity index (χ0v) is 15.2. The van der Waals surface area contributed by atoms with E-state index in [2.05, 4.69) is 32.9 Å². The van der Waals surface area contributed by atoms with Crippen LogP contribution in [0, 0.1) is 6.92 Å². The number of aryl methyl sites for hydroxylation is 2. The molecule has 8 heteroatoms. The Morgan fingerprint density at radius 2 is 2.13 bits per heavy atom. The van der Waals surface area contributed by atoms with E-state index in [0.717, 1.165) is 31.8 Å². The van der Waals surface area contributed by atoms with Crippen molar-refractivity contribution < 1.29 is 4.79 Å². The van der Waals surface area contributed by atoms with E-state index in [9.17, 15) is 4.79 Å². The van der Waals surface area contributed by atoms with Crippen LogP contribution >= 0.6 is 34.0 Å². The molecule has 0 unspecified atom stereocenters. The minimum atomic E-state index is -0.235. The molecule has 3 aromatic rings. The van der Waals surface area contributed by atoms with Crippen LogP contribution in [0.3, 0.4) is 0 Å². The predicted octanol–water partition coefficient (Wildman–Crippen LogP) is 4.52. The van der Waals surface area contributed by atoms with Crippen molar-refractivity contribution in [2.75, 3.05) is 5.32 Å². The standard InChI is InChI=1S/C15H16N4OS3/c1-3-10-6-17-15(23-10)19-14(20)16-7-11-4-5-13(22-11)12-8-21-9(2)18-12/h4-6,8H,3,7H2,1-2H3,(H2,16,17,19,20). The lowest BCUT2D eigenvalue weighted by Crippen LogP contribution is -2.27. The largest absolute Gasteiger partial charge is 0.333 e. The van der Waals surface area contributed by atoms with Gasteiger partial charge in [-0.05, 0) is 25.5 Å². The van der Waals surface area contributed by atoms with Crippen LogP contribution in [0.15, 0.2) is 23.7 Å². The maximum absolute atomic E-state index is 11.9. The Hall–Kier alpha value is -1.77. The third-order valence-corrected chi connectivity index (χ3v) is 6.02. The number of nitrogens with one attached hydrogen (secondary N) is 2. The number of carbonyl (C=O) groups is 1. The molecule has 0 aliphatic heterocycles. The molecule has 2 amide bonds. The molecule has 3 heterocycles. The van der Waals surface area contributed by atoms with E-state index in [0.29, 0.717) is 11.7 Å². The van der Waals surface area contributed by atoms with Crippen LogP contribution in [0.2, 0.25) is 0 Å². The SMILES string of the molecule is CCc1cnc(NC(=O)NCc2ccc(-c3csc(C)n3)s2)s1. The van der Waals surface area contributed by atoms with Gasteiger partial charge in [0.25, 0.3) is 0 Å². The lowest BCUT2D eigenvalue weighted by atomic mass is 10.3. The fourth-order valence-electron chi connectivity index (χ4n) is 1.92. The number of aromatic nitrogens is 2. The first-order valence-electron chi connectivity index (χ1n) is 7.15. The molecule has 0 aliphatic rings. The second-order valence-corrected chi connectivity index (χ2v) is 8.16. The number of hydrogen-bond acceptors (Lipinski definition) is 6. The normalized spacial score (nSPS) is 10.7. The van der Waals surface area contributed by atoms with Crippen LogP contribution < -0.4 is 10.6 Å². The molecule has 120 valence electrons. The van der Waals surface area contributed by atoms with Crippen molar-refractivity contribution in [3.8, 4) is 10.6 Å². The first-order valence-corrected chi connectivity index (χ1v) is 9.66. The van der Waals surface area contributed by atoms with Crippen molar-refractivity contribution in [2.24, 2.45) is 0 Å². The molecule has 0 aromatic carbocycles. The van der Waals surface area contributed by atoms with Gasteiger partial charge in [-0.2, -0.15) is 0 Å². The van der Waals surface area contributed by atoms with Crippen LogP contribution in [0.25, 0.3) is 10.6 Å². The second-order valence-electron chi connectivity index (χ2n) is 4.81. The van der Waals surface area contributed by atoms with Crippen LogP contribution in [-0.2, 0) is 13.0 Å². The van der Waals surface area contributed by atoms with Crippen molar-refractivity contribution in [3.63, 3.8) is 0 Å². The van der Waals surface area contributed by atoms with Gasteiger partial charge in [0.05, 0.1) is 22.1 Å². The number of nitrogens with zero attached hydrogens (tertiary/aromatic N) is 2. The molecule has 23 heavy (non-hydrogen) atoms. The fourth-order valence-corrected chi connectivity index (χ4v) is 4.27. The van der Waals surface area contributed by atoms with Gasteiger partial charge in [0.1, 0.15) is 0 Å². The highest BCUT2D eigenvalue weighted by atomic mass is 32.1. The number of urea groups is 1. The molecule has 0 spiro atoms. The smallest absolute Gasteiger partial charge is 0.321 e. The predicted molar refractivity (Wildman–Crippen MR) is 97.5 cm³/mol. The zero-order valence-electron chi connectivity index (χ0n) is 12.8. The average Bonchev–Trinajstić information content (AvgIpc) is 3.25. The van der Waals surface area contributed by atoms with Crippen molar-refractivity contribution in [1.82, 2.24) is 15.3 Å². The molecular weight excluding hydrogens is 348 g/mol. The van der Waals surface area contributed by atoms with Gasteiger partial charge in [-0.1, -0.05) is 6.92 Å². The first-order chi connectivity index (χ1) is 11.1. The Morgan fingerprint density at radius 3 is 2.83 bits per heavy atom. The van der Waals surface area contributed by atoms with Crippen LogP contribution in [0.1, 0.15) is 21.7 Å². The Bertz CT molecular complexity index is 805. The molecule has 0 fully saturated rings. The van der Waals surface area contributed by atoms with Crippen molar-refractivity contribution in [1.29, 1.82) is 0 Å². The van der Waals surface area contributed by atoms with E-state index >= 15 is 0 Å². The molecule has 2 N–H and O–H groups in total. The number of anilines is 1. The summed E-state index contributed by atoms with van der Waals surface area (Å²) in [6.45, 7) is 4.55. The highest BCUT2D eigenvalue weighted by Crippen LogP contribution is 2.28. The fraction of sp³-hybridized carbons (Fsp3) is 0.267. The van der Waals surface area contributed by atoms with E-state index in [4.69, 9.17) is 0 Å². The van der Waals surface area contributed by atoms with Gasteiger partial charge < -0.3 is 5.32 Å². The molecule has 0 aliphatic carbocycles. The van der Waals surface area contributed by atoms with E-state index in [1.54, 1.807) is 28.9 Å². The van der Waals surface area contributed by atoms with Crippen LogP contribution in [0.5, 0.6) is 0 Å². The lowest BCUT2D eigenvalue weighted by molar-refractivity contribution is 0.252. The van der Waals surface area contributed by atoms with Gasteiger partial charge in [0, 0.05) is 21.3 Å². The van der Waals surface area contributed by atoms with E-state index < -0.39 is 0 Å². The molecule has 0 bridgehead atoms. The first kappa shape index (κ1) is 16.1. The van der Waals surface area contributed by atoms with Gasteiger partial charge in [-0.3, -0.25) is 5.32 Å². The summed E-state index contributed by atoms with van der Waals surface area (Å²) in [5.41, 5.74) is 1.00. The Balaban J connectivity index is 1.54. The number of thiazole rings is 2. The zero-order chi connectivity index (χ0) is 16.2.